The third kappa shape index (κ3) is 5.82. The SMILES string of the molecule is COc1ccccc1C(C)=CC(=O)NCC(c1ccc(Cl)cc1)N1CCOCC1. The van der Waals surface area contributed by atoms with Crippen molar-refractivity contribution >= 4 is 23.1 Å². The van der Waals surface area contributed by atoms with Gasteiger partial charge in [0.05, 0.1) is 26.4 Å². The van der Waals surface area contributed by atoms with Crippen molar-refractivity contribution in [2.24, 2.45) is 0 Å². The molecule has 6 heteroatoms. The van der Waals surface area contributed by atoms with Gasteiger partial charge in [-0.3, -0.25) is 9.69 Å². The van der Waals surface area contributed by atoms with Crippen LogP contribution in [0, 0.1) is 0 Å². The van der Waals surface area contributed by atoms with Gasteiger partial charge in [-0.2, -0.15) is 0 Å². The molecule has 154 valence electrons. The van der Waals surface area contributed by atoms with Crippen LogP contribution in [0.1, 0.15) is 24.1 Å². The first-order valence-electron chi connectivity index (χ1n) is 9.75. The van der Waals surface area contributed by atoms with E-state index in [9.17, 15) is 4.79 Å². The Morgan fingerprint density at radius 1 is 1.21 bits per heavy atom. The summed E-state index contributed by atoms with van der Waals surface area (Å²) in [6.07, 6.45) is 1.62. The minimum atomic E-state index is -0.124. The number of hydrogen-bond donors (Lipinski definition) is 1. The maximum Gasteiger partial charge on any atom is 0.244 e. The Bertz CT molecular complexity index is 845. The summed E-state index contributed by atoms with van der Waals surface area (Å²) in [6.45, 7) is 5.49. The molecule has 1 aliphatic rings. The summed E-state index contributed by atoms with van der Waals surface area (Å²) in [5.74, 6) is 0.627. The highest BCUT2D eigenvalue weighted by atomic mass is 35.5. The molecule has 1 N–H and O–H groups in total. The summed E-state index contributed by atoms with van der Waals surface area (Å²) >= 11 is 6.05. The molecule has 29 heavy (non-hydrogen) atoms. The number of methoxy groups -OCH3 is 1. The summed E-state index contributed by atoms with van der Waals surface area (Å²) in [7, 11) is 1.63. The number of amides is 1. The van der Waals surface area contributed by atoms with Crippen LogP contribution in [0.15, 0.2) is 54.6 Å². The Hall–Kier alpha value is -2.34. The average molecular weight is 415 g/mol. The number of morpholine rings is 1. The van der Waals surface area contributed by atoms with Crippen molar-refractivity contribution in [3.8, 4) is 5.75 Å². The molecule has 1 amide bonds. The average Bonchev–Trinajstić information content (AvgIpc) is 2.75. The van der Waals surface area contributed by atoms with Gasteiger partial charge >= 0.3 is 0 Å². The van der Waals surface area contributed by atoms with Gasteiger partial charge in [-0.1, -0.05) is 41.9 Å². The van der Waals surface area contributed by atoms with Crippen LogP contribution in [0.3, 0.4) is 0 Å². The molecule has 5 nitrogen and oxygen atoms in total. The summed E-state index contributed by atoms with van der Waals surface area (Å²) in [5, 5.41) is 3.76. The predicted octanol–water partition coefficient (Wildman–Crippen LogP) is 3.94. The fourth-order valence-electron chi connectivity index (χ4n) is 3.52. The molecule has 0 saturated carbocycles. The second kappa shape index (κ2) is 10.4. The molecule has 0 aliphatic carbocycles. The van der Waals surface area contributed by atoms with E-state index in [0.717, 1.165) is 35.5 Å². The van der Waals surface area contributed by atoms with Crippen molar-refractivity contribution in [3.05, 3.63) is 70.8 Å². The molecule has 1 fully saturated rings. The minimum absolute atomic E-state index is 0.0695. The third-order valence-corrected chi connectivity index (χ3v) is 5.34. The van der Waals surface area contributed by atoms with E-state index >= 15 is 0 Å². The molecule has 0 radical (unpaired) electrons. The fraction of sp³-hybridized carbons (Fsp3) is 0.348. The summed E-state index contributed by atoms with van der Waals surface area (Å²) in [5.41, 5.74) is 2.89. The van der Waals surface area contributed by atoms with E-state index in [2.05, 4.69) is 10.2 Å². The molecule has 0 bridgehead atoms. The number of hydrogen-bond acceptors (Lipinski definition) is 4. The number of ether oxygens (including phenoxy) is 2. The van der Waals surface area contributed by atoms with Gasteiger partial charge in [0.15, 0.2) is 0 Å². The highest BCUT2D eigenvalue weighted by Crippen LogP contribution is 2.25. The van der Waals surface area contributed by atoms with Gasteiger partial charge in [0, 0.05) is 36.3 Å². The van der Waals surface area contributed by atoms with E-state index in [0.29, 0.717) is 24.8 Å². The monoisotopic (exact) mass is 414 g/mol. The van der Waals surface area contributed by atoms with Crippen LogP contribution in [0.4, 0.5) is 0 Å². The Morgan fingerprint density at radius 3 is 2.59 bits per heavy atom. The van der Waals surface area contributed by atoms with E-state index in [1.165, 1.54) is 0 Å². The number of halogens is 1. The quantitative estimate of drug-likeness (QED) is 0.697. The standard InChI is InChI=1S/C23H27ClN2O3/c1-17(20-5-3-4-6-22(20)28-2)15-23(27)25-16-21(26-11-13-29-14-12-26)18-7-9-19(24)10-8-18/h3-10,15,21H,11-14,16H2,1-2H3,(H,25,27). The largest absolute Gasteiger partial charge is 0.496 e. The number of nitrogens with one attached hydrogen (secondary N) is 1. The molecular weight excluding hydrogens is 388 g/mol. The van der Waals surface area contributed by atoms with E-state index < -0.39 is 0 Å². The van der Waals surface area contributed by atoms with Crippen LogP contribution in [0.2, 0.25) is 5.02 Å². The smallest absolute Gasteiger partial charge is 0.244 e. The zero-order valence-electron chi connectivity index (χ0n) is 16.9. The first kappa shape index (κ1) is 21.4. The van der Waals surface area contributed by atoms with E-state index in [1.54, 1.807) is 13.2 Å². The zero-order valence-corrected chi connectivity index (χ0v) is 17.6. The Morgan fingerprint density at radius 2 is 1.90 bits per heavy atom. The van der Waals surface area contributed by atoms with E-state index in [-0.39, 0.29) is 11.9 Å². The number of nitrogens with zero attached hydrogens (tertiary/aromatic N) is 1. The molecular formula is C23H27ClN2O3. The molecule has 1 atom stereocenters. The molecule has 1 aliphatic heterocycles. The second-order valence-electron chi connectivity index (χ2n) is 6.99. The van der Waals surface area contributed by atoms with Gasteiger partial charge < -0.3 is 14.8 Å². The molecule has 3 rings (SSSR count). The van der Waals surface area contributed by atoms with Gasteiger partial charge in [0.1, 0.15) is 5.75 Å². The molecule has 0 spiro atoms. The highest BCUT2D eigenvalue weighted by molar-refractivity contribution is 6.30. The van der Waals surface area contributed by atoms with Gasteiger partial charge in [-0.25, -0.2) is 0 Å². The van der Waals surface area contributed by atoms with Crippen LogP contribution in [0.25, 0.3) is 5.57 Å². The van der Waals surface area contributed by atoms with E-state index in [1.807, 2.05) is 55.5 Å². The number of allylic oxidation sites excluding steroid dienone is 1. The van der Waals surface area contributed by atoms with Crippen molar-refractivity contribution in [3.63, 3.8) is 0 Å². The number of para-hydroxylation sites is 1. The molecule has 2 aromatic carbocycles. The third-order valence-electron chi connectivity index (χ3n) is 5.09. The number of rotatable bonds is 7. The van der Waals surface area contributed by atoms with Crippen LogP contribution in [0.5, 0.6) is 5.75 Å². The van der Waals surface area contributed by atoms with Gasteiger partial charge in [0.25, 0.3) is 0 Å². The number of carbonyl (C=O) groups excluding carboxylic acids is 1. The Labute approximate surface area is 177 Å². The summed E-state index contributed by atoms with van der Waals surface area (Å²) in [6, 6.07) is 15.6. The van der Waals surface area contributed by atoms with Crippen LogP contribution in [-0.4, -0.2) is 50.8 Å². The van der Waals surface area contributed by atoms with Crippen molar-refractivity contribution < 1.29 is 14.3 Å². The van der Waals surface area contributed by atoms with Crippen molar-refractivity contribution in [2.75, 3.05) is 40.0 Å². The Kier molecular flexibility index (Phi) is 7.69. The maximum absolute atomic E-state index is 12.6. The highest BCUT2D eigenvalue weighted by Gasteiger charge is 2.23. The molecule has 1 saturated heterocycles. The number of carbonyl (C=O) groups is 1. The maximum atomic E-state index is 12.6. The lowest BCUT2D eigenvalue weighted by atomic mass is 10.0. The lowest BCUT2D eigenvalue weighted by Gasteiger charge is -2.34. The van der Waals surface area contributed by atoms with Crippen LogP contribution < -0.4 is 10.1 Å². The molecule has 2 aromatic rings. The molecule has 0 aromatic heterocycles. The van der Waals surface area contributed by atoms with Gasteiger partial charge in [0.2, 0.25) is 5.91 Å². The van der Waals surface area contributed by atoms with Crippen LogP contribution in [-0.2, 0) is 9.53 Å². The Balaban J connectivity index is 1.71. The lowest BCUT2D eigenvalue weighted by molar-refractivity contribution is -0.116. The first-order valence-corrected chi connectivity index (χ1v) is 10.1. The minimum Gasteiger partial charge on any atom is -0.496 e. The van der Waals surface area contributed by atoms with E-state index in [4.69, 9.17) is 21.1 Å². The van der Waals surface area contributed by atoms with Crippen molar-refractivity contribution in [1.82, 2.24) is 10.2 Å². The summed E-state index contributed by atoms with van der Waals surface area (Å²) < 4.78 is 10.9. The van der Waals surface area contributed by atoms with Crippen molar-refractivity contribution in [2.45, 2.75) is 13.0 Å². The molecule has 1 heterocycles. The zero-order chi connectivity index (χ0) is 20.6. The number of benzene rings is 2. The normalized spacial score (nSPS) is 16.3. The fourth-order valence-corrected chi connectivity index (χ4v) is 3.65. The van der Waals surface area contributed by atoms with Gasteiger partial charge in [-0.15, -0.1) is 0 Å². The lowest BCUT2D eigenvalue weighted by Crippen LogP contribution is -2.43. The van der Waals surface area contributed by atoms with Gasteiger partial charge in [-0.05, 0) is 36.3 Å². The second-order valence-corrected chi connectivity index (χ2v) is 7.42. The first-order chi connectivity index (χ1) is 14.1. The molecule has 1 unspecified atom stereocenters. The predicted molar refractivity (Wildman–Crippen MR) is 116 cm³/mol. The van der Waals surface area contributed by atoms with Crippen molar-refractivity contribution in [1.29, 1.82) is 0 Å². The summed E-state index contributed by atoms with van der Waals surface area (Å²) in [4.78, 5) is 14.9. The topological polar surface area (TPSA) is 50.8 Å². The van der Waals surface area contributed by atoms with Crippen LogP contribution >= 0.6 is 11.6 Å².